The number of hydrogen-bond acceptors (Lipinski definition) is 4. The van der Waals surface area contributed by atoms with Gasteiger partial charge in [-0.3, -0.25) is 4.79 Å². The highest BCUT2D eigenvalue weighted by Gasteiger charge is 2.08. The number of benzene rings is 1. The fourth-order valence-electron chi connectivity index (χ4n) is 1.28. The average Bonchev–Trinajstić information content (AvgIpc) is 2.75. The standard InChI is InChI=1S/C12H9FN2O2S/c13-11-6-5-8(18-11)7-14-15-12(17)9-3-1-2-4-10(9)16/h1-7,16H,(H,15,17)/b14-7-. The Morgan fingerprint density at radius 3 is 2.78 bits per heavy atom. The van der Waals surface area contributed by atoms with E-state index in [2.05, 4.69) is 10.5 Å². The van der Waals surface area contributed by atoms with E-state index in [1.807, 2.05) is 0 Å². The molecule has 4 nitrogen and oxygen atoms in total. The van der Waals surface area contributed by atoms with Crippen molar-refractivity contribution in [3.05, 3.63) is 52.0 Å². The van der Waals surface area contributed by atoms with Crippen LogP contribution >= 0.6 is 11.3 Å². The van der Waals surface area contributed by atoms with Gasteiger partial charge in [0.05, 0.1) is 16.7 Å². The molecule has 1 aromatic carbocycles. The van der Waals surface area contributed by atoms with Gasteiger partial charge in [0.2, 0.25) is 0 Å². The molecule has 0 aliphatic heterocycles. The lowest BCUT2D eigenvalue weighted by atomic mass is 10.2. The van der Waals surface area contributed by atoms with E-state index in [1.54, 1.807) is 18.2 Å². The van der Waals surface area contributed by atoms with Crippen LogP contribution < -0.4 is 5.43 Å². The minimum absolute atomic E-state index is 0.118. The number of carbonyl (C=O) groups excluding carboxylic acids is 1. The van der Waals surface area contributed by atoms with Crippen LogP contribution in [0.5, 0.6) is 5.75 Å². The number of phenolic OH excluding ortho intramolecular Hbond substituents is 1. The van der Waals surface area contributed by atoms with Gasteiger partial charge >= 0.3 is 0 Å². The van der Waals surface area contributed by atoms with Crippen molar-refractivity contribution in [3.8, 4) is 5.75 Å². The van der Waals surface area contributed by atoms with Gasteiger partial charge in [0.1, 0.15) is 5.75 Å². The quantitative estimate of drug-likeness (QED) is 0.660. The molecule has 0 saturated heterocycles. The number of para-hydroxylation sites is 1. The summed E-state index contributed by atoms with van der Waals surface area (Å²) >= 11 is 0.922. The molecule has 0 saturated carbocycles. The maximum atomic E-state index is 12.7. The Bertz CT molecular complexity index is 595. The second-order valence-electron chi connectivity index (χ2n) is 3.36. The minimum Gasteiger partial charge on any atom is -0.507 e. The predicted molar refractivity (Wildman–Crippen MR) is 67.4 cm³/mol. The van der Waals surface area contributed by atoms with Gasteiger partial charge in [0.15, 0.2) is 5.13 Å². The molecular formula is C12H9FN2O2S. The first-order chi connectivity index (χ1) is 8.66. The molecule has 2 aromatic rings. The van der Waals surface area contributed by atoms with Crippen LogP contribution in [0, 0.1) is 5.13 Å². The molecule has 0 aliphatic carbocycles. The monoisotopic (exact) mass is 264 g/mol. The topological polar surface area (TPSA) is 61.7 Å². The van der Waals surface area contributed by atoms with Crippen LogP contribution in [0.3, 0.4) is 0 Å². The maximum Gasteiger partial charge on any atom is 0.275 e. The predicted octanol–water partition coefficient (Wildman–Crippen LogP) is 2.36. The number of nitrogens with zero attached hydrogens (tertiary/aromatic N) is 1. The van der Waals surface area contributed by atoms with Gasteiger partial charge in [-0.25, -0.2) is 5.43 Å². The van der Waals surface area contributed by atoms with Crippen molar-refractivity contribution in [3.63, 3.8) is 0 Å². The Hall–Kier alpha value is -2.21. The number of thiophene rings is 1. The SMILES string of the molecule is O=C(N/N=C\c1ccc(F)s1)c1ccccc1O. The highest BCUT2D eigenvalue weighted by atomic mass is 32.1. The van der Waals surface area contributed by atoms with Crippen molar-refractivity contribution in [1.29, 1.82) is 0 Å². The van der Waals surface area contributed by atoms with Crippen LogP contribution in [0.2, 0.25) is 0 Å². The molecule has 92 valence electrons. The number of hydrazone groups is 1. The highest BCUT2D eigenvalue weighted by Crippen LogP contribution is 2.15. The van der Waals surface area contributed by atoms with E-state index >= 15 is 0 Å². The van der Waals surface area contributed by atoms with Gasteiger partial charge in [0, 0.05) is 0 Å². The zero-order chi connectivity index (χ0) is 13.0. The van der Waals surface area contributed by atoms with E-state index in [4.69, 9.17) is 0 Å². The third-order valence-corrected chi connectivity index (χ3v) is 2.91. The molecule has 0 unspecified atom stereocenters. The van der Waals surface area contributed by atoms with Crippen LogP contribution in [0.4, 0.5) is 4.39 Å². The first kappa shape index (κ1) is 12.3. The molecule has 0 radical (unpaired) electrons. The molecule has 6 heteroatoms. The normalized spacial score (nSPS) is 10.7. The smallest absolute Gasteiger partial charge is 0.275 e. The maximum absolute atomic E-state index is 12.7. The number of nitrogens with one attached hydrogen (secondary N) is 1. The molecule has 2 N–H and O–H groups in total. The van der Waals surface area contributed by atoms with Crippen LogP contribution in [-0.4, -0.2) is 17.2 Å². The van der Waals surface area contributed by atoms with Crippen LogP contribution in [0.25, 0.3) is 0 Å². The Balaban J connectivity index is 2.01. The van der Waals surface area contributed by atoms with Gasteiger partial charge in [-0.05, 0) is 24.3 Å². The lowest BCUT2D eigenvalue weighted by molar-refractivity contribution is 0.0952. The zero-order valence-electron chi connectivity index (χ0n) is 9.13. The molecule has 0 bridgehead atoms. The number of aromatic hydroxyl groups is 1. The number of halogens is 1. The first-order valence-corrected chi connectivity index (χ1v) is 5.85. The lowest BCUT2D eigenvalue weighted by Crippen LogP contribution is -2.17. The Kier molecular flexibility index (Phi) is 3.69. The number of carbonyl (C=O) groups is 1. The van der Waals surface area contributed by atoms with Gasteiger partial charge in [-0.1, -0.05) is 12.1 Å². The van der Waals surface area contributed by atoms with Crippen LogP contribution in [0.15, 0.2) is 41.5 Å². The summed E-state index contributed by atoms with van der Waals surface area (Å²) in [6.07, 6.45) is 1.34. The largest absolute Gasteiger partial charge is 0.507 e. The molecule has 0 fully saturated rings. The molecule has 1 aromatic heterocycles. The molecular weight excluding hydrogens is 255 g/mol. The van der Waals surface area contributed by atoms with E-state index in [9.17, 15) is 14.3 Å². The number of rotatable bonds is 3. The van der Waals surface area contributed by atoms with E-state index in [-0.39, 0.29) is 16.4 Å². The van der Waals surface area contributed by atoms with Crippen molar-refractivity contribution in [2.75, 3.05) is 0 Å². The van der Waals surface area contributed by atoms with Crippen molar-refractivity contribution in [2.45, 2.75) is 0 Å². The van der Waals surface area contributed by atoms with Gasteiger partial charge in [-0.15, -0.1) is 11.3 Å². The molecule has 0 aliphatic rings. The second-order valence-corrected chi connectivity index (χ2v) is 4.42. The summed E-state index contributed by atoms with van der Waals surface area (Å²) < 4.78 is 12.7. The van der Waals surface area contributed by atoms with E-state index in [1.165, 1.54) is 24.4 Å². The van der Waals surface area contributed by atoms with Crippen molar-refractivity contribution in [2.24, 2.45) is 5.10 Å². The van der Waals surface area contributed by atoms with Crippen molar-refractivity contribution in [1.82, 2.24) is 5.43 Å². The summed E-state index contributed by atoms with van der Waals surface area (Å²) in [7, 11) is 0. The highest BCUT2D eigenvalue weighted by molar-refractivity contribution is 7.12. The molecule has 1 heterocycles. The van der Waals surface area contributed by atoms with Gasteiger partial charge < -0.3 is 5.11 Å². The molecule has 0 spiro atoms. The Morgan fingerprint density at radius 1 is 1.33 bits per heavy atom. The van der Waals surface area contributed by atoms with Crippen LogP contribution in [-0.2, 0) is 0 Å². The summed E-state index contributed by atoms with van der Waals surface area (Å²) in [5, 5.41) is 12.8. The summed E-state index contributed by atoms with van der Waals surface area (Å²) in [6.45, 7) is 0. The first-order valence-electron chi connectivity index (χ1n) is 5.03. The fourth-order valence-corrected chi connectivity index (χ4v) is 1.88. The number of hydrogen-bond donors (Lipinski definition) is 2. The van der Waals surface area contributed by atoms with Gasteiger partial charge in [0.25, 0.3) is 5.91 Å². The van der Waals surface area contributed by atoms with Gasteiger partial charge in [-0.2, -0.15) is 9.49 Å². The Morgan fingerprint density at radius 2 is 2.11 bits per heavy atom. The average molecular weight is 264 g/mol. The van der Waals surface area contributed by atoms with E-state index < -0.39 is 5.91 Å². The molecule has 0 atom stereocenters. The Labute approximate surface area is 106 Å². The molecule has 2 rings (SSSR count). The summed E-state index contributed by atoms with van der Waals surface area (Å²) in [4.78, 5) is 12.2. The van der Waals surface area contributed by atoms with Crippen molar-refractivity contribution >= 4 is 23.5 Å². The number of phenols is 1. The lowest BCUT2D eigenvalue weighted by Gasteiger charge is -2.01. The number of amides is 1. The van der Waals surface area contributed by atoms with Crippen molar-refractivity contribution < 1.29 is 14.3 Å². The van der Waals surface area contributed by atoms with E-state index in [0.29, 0.717) is 4.88 Å². The third-order valence-electron chi connectivity index (χ3n) is 2.10. The fraction of sp³-hybridized carbons (Fsp3) is 0. The molecule has 18 heavy (non-hydrogen) atoms. The van der Waals surface area contributed by atoms with E-state index in [0.717, 1.165) is 11.3 Å². The zero-order valence-corrected chi connectivity index (χ0v) is 9.95. The summed E-state index contributed by atoms with van der Waals surface area (Å²) in [6, 6.07) is 9.00. The second kappa shape index (κ2) is 5.42. The van der Waals surface area contributed by atoms with Crippen LogP contribution in [0.1, 0.15) is 15.2 Å². The minimum atomic E-state index is -0.527. The third kappa shape index (κ3) is 2.92. The summed E-state index contributed by atoms with van der Waals surface area (Å²) in [5.74, 6) is -0.645. The summed E-state index contributed by atoms with van der Waals surface area (Å²) in [5.41, 5.74) is 2.38. The molecule has 1 amide bonds.